The van der Waals surface area contributed by atoms with Crippen molar-refractivity contribution in [1.82, 2.24) is 9.55 Å². The van der Waals surface area contributed by atoms with Gasteiger partial charge in [-0.2, -0.15) is 0 Å². The number of nitrogens with one attached hydrogen (secondary N) is 1. The number of hydrogen-bond acceptors (Lipinski definition) is 6. The van der Waals surface area contributed by atoms with E-state index in [2.05, 4.69) is 10.3 Å². The maximum atomic E-state index is 12.1. The molecule has 6 nitrogen and oxygen atoms in total. The zero-order valence-electron chi connectivity index (χ0n) is 12.9. The van der Waals surface area contributed by atoms with Crippen LogP contribution in [0.3, 0.4) is 0 Å². The molecule has 3 rings (SSSR count). The molecule has 0 fully saturated rings. The first kappa shape index (κ1) is 15.7. The number of aryl methyl sites for hydroxylation is 3. The normalized spacial score (nSPS) is 10.9. The van der Waals surface area contributed by atoms with Crippen molar-refractivity contribution >= 4 is 33.7 Å². The maximum Gasteiger partial charge on any atom is 0.307 e. The molecular formula is C15H15N3O3S2. The summed E-state index contributed by atoms with van der Waals surface area (Å²) >= 11 is 2.43. The monoisotopic (exact) mass is 349 g/mol. The Morgan fingerprint density at radius 3 is 2.70 bits per heavy atom. The summed E-state index contributed by atoms with van der Waals surface area (Å²) in [6.07, 6.45) is 0. The minimum absolute atomic E-state index is 0.00702. The molecule has 0 bridgehead atoms. The van der Waals surface area contributed by atoms with Gasteiger partial charge in [0.05, 0.1) is 5.69 Å². The lowest BCUT2D eigenvalue weighted by Gasteiger charge is -2.04. The highest BCUT2D eigenvalue weighted by molar-refractivity contribution is 7.14. The van der Waals surface area contributed by atoms with E-state index in [-0.39, 0.29) is 17.3 Å². The minimum Gasteiger partial charge on any atom is -0.466 e. The lowest BCUT2D eigenvalue weighted by molar-refractivity contribution is -0.116. The van der Waals surface area contributed by atoms with Crippen molar-refractivity contribution in [1.29, 1.82) is 0 Å². The second-order valence-electron chi connectivity index (χ2n) is 5.14. The molecule has 0 saturated heterocycles. The van der Waals surface area contributed by atoms with Gasteiger partial charge in [0.2, 0.25) is 5.91 Å². The van der Waals surface area contributed by atoms with Crippen LogP contribution in [0.5, 0.6) is 0 Å². The third-order valence-corrected chi connectivity index (χ3v) is 4.98. The molecule has 8 heteroatoms. The number of anilines is 1. The van der Waals surface area contributed by atoms with Gasteiger partial charge in [-0.05, 0) is 26.8 Å². The van der Waals surface area contributed by atoms with Crippen molar-refractivity contribution in [3.8, 4) is 11.3 Å². The Labute approximate surface area is 140 Å². The number of nitrogens with zero attached hydrogens (tertiary/aromatic N) is 2. The van der Waals surface area contributed by atoms with Gasteiger partial charge in [0.15, 0.2) is 5.13 Å². The summed E-state index contributed by atoms with van der Waals surface area (Å²) in [5.41, 5.74) is 2.46. The smallest absolute Gasteiger partial charge is 0.307 e. The SMILES string of the molecule is Cc1cc(-c2csc(NC(=O)Cn3c(C)csc3=O)n2)c(C)o1. The molecule has 0 aliphatic rings. The van der Waals surface area contributed by atoms with E-state index in [0.717, 1.165) is 39.8 Å². The fraction of sp³-hybridized carbons (Fsp3) is 0.267. The van der Waals surface area contributed by atoms with Crippen LogP contribution in [-0.2, 0) is 11.3 Å². The largest absolute Gasteiger partial charge is 0.466 e. The average Bonchev–Trinajstić information content (AvgIpc) is 3.15. The summed E-state index contributed by atoms with van der Waals surface area (Å²) < 4.78 is 6.94. The van der Waals surface area contributed by atoms with Gasteiger partial charge in [0, 0.05) is 22.0 Å². The Morgan fingerprint density at radius 2 is 2.09 bits per heavy atom. The summed E-state index contributed by atoms with van der Waals surface area (Å²) in [4.78, 5) is 28.0. The molecule has 120 valence electrons. The van der Waals surface area contributed by atoms with E-state index in [1.54, 1.807) is 12.3 Å². The predicted molar refractivity (Wildman–Crippen MR) is 91.2 cm³/mol. The fourth-order valence-corrected chi connectivity index (χ4v) is 3.70. The van der Waals surface area contributed by atoms with Gasteiger partial charge in [0.25, 0.3) is 0 Å². The van der Waals surface area contributed by atoms with E-state index < -0.39 is 0 Å². The summed E-state index contributed by atoms with van der Waals surface area (Å²) in [6.45, 7) is 5.56. The number of thiazole rings is 2. The molecule has 0 aliphatic carbocycles. The van der Waals surface area contributed by atoms with Crippen LogP contribution in [-0.4, -0.2) is 15.5 Å². The second-order valence-corrected chi connectivity index (χ2v) is 6.82. The molecule has 0 radical (unpaired) electrons. The quantitative estimate of drug-likeness (QED) is 0.785. The van der Waals surface area contributed by atoms with Crippen LogP contribution in [0.25, 0.3) is 11.3 Å². The van der Waals surface area contributed by atoms with Gasteiger partial charge in [-0.1, -0.05) is 11.3 Å². The van der Waals surface area contributed by atoms with E-state index in [9.17, 15) is 9.59 Å². The standard InChI is InChI=1S/C15H15N3O3S2/c1-8-6-23-15(20)18(8)5-13(19)17-14-16-12(7-22-14)11-4-9(2)21-10(11)3/h4,6-7H,5H2,1-3H3,(H,16,17,19). The molecule has 0 atom stereocenters. The number of hydrogen-bond donors (Lipinski definition) is 1. The van der Waals surface area contributed by atoms with Crippen LogP contribution in [0, 0.1) is 20.8 Å². The first-order valence-corrected chi connectivity index (χ1v) is 8.67. The molecule has 1 amide bonds. The van der Waals surface area contributed by atoms with E-state index in [1.165, 1.54) is 15.9 Å². The van der Waals surface area contributed by atoms with Gasteiger partial charge >= 0.3 is 4.87 Å². The van der Waals surface area contributed by atoms with Crippen LogP contribution in [0.15, 0.2) is 26.0 Å². The van der Waals surface area contributed by atoms with Crippen molar-refractivity contribution in [2.45, 2.75) is 27.3 Å². The summed E-state index contributed by atoms with van der Waals surface area (Å²) in [6, 6.07) is 1.92. The maximum absolute atomic E-state index is 12.1. The Kier molecular flexibility index (Phi) is 4.18. The van der Waals surface area contributed by atoms with Crippen molar-refractivity contribution in [3.63, 3.8) is 0 Å². The number of carbonyl (C=O) groups is 1. The predicted octanol–water partition coefficient (Wildman–Crippen LogP) is 3.19. The Morgan fingerprint density at radius 1 is 1.30 bits per heavy atom. The number of aromatic nitrogens is 2. The second kappa shape index (κ2) is 6.13. The number of rotatable bonds is 4. The van der Waals surface area contributed by atoms with E-state index in [0.29, 0.717) is 5.13 Å². The lowest BCUT2D eigenvalue weighted by atomic mass is 10.2. The molecule has 1 N–H and O–H groups in total. The van der Waals surface area contributed by atoms with Crippen molar-refractivity contribution < 1.29 is 9.21 Å². The third-order valence-electron chi connectivity index (χ3n) is 3.35. The number of amides is 1. The first-order chi connectivity index (χ1) is 10.9. The van der Waals surface area contributed by atoms with Crippen LogP contribution >= 0.6 is 22.7 Å². The number of carbonyl (C=O) groups excluding carboxylic acids is 1. The highest BCUT2D eigenvalue weighted by atomic mass is 32.1. The molecule has 0 unspecified atom stereocenters. The number of furan rings is 1. The average molecular weight is 349 g/mol. The van der Waals surface area contributed by atoms with Gasteiger partial charge < -0.3 is 9.73 Å². The van der Waals surface area contributed by atoms with Crippen LogP contribution in [0.1, 0.15) is 17.2 Å². The van der Waals surface area contributed by atoms with Crippen molar-refractivity contribution in [2.75, 3.05) is 5.32 Å². The Balaban J connectivity index is 1.73. The Hall–Kier alpha value is -2.19. The third kappa shape index (κ3) is 3.27. The highest BCUT2D eigenvalue weighted by Crippen LogP contribution is 2.29. The molecule has 3 aromatic rings. The molecule has 0 saturated carbocycles. The summed E-state index contributed by atoms with van der Waals surface area (Å²) in [5.74, 6) is 1.35. The fourth-order valence-electron chi connectivity index (χ4n) is 2.24. The summed E-state index contributed by atoms with van der Waals surface area (Å²) in [7, 11) is 0. The topological polar surface area (TPSA) is 77.1 Å². The molecule has 3 aromatic heterocycles. The molecule has 23 heavy (non-hydrogen) atoms. The minimum atomic E-state index is -0.269. The lowest BCUT2D eigenvalue weighted by Crippen LogP contribution is -2.25. The molecular weight excluding hydrogens is 334 g/mol. The van der Waals surface area contributed by atoms with Gasteiger partial charge in [-0.3, -0.25) is 14.2 Å². The van der Waals surface area contributed by atoms with E-state index in [4.69, 9.17) is 4.42 Å². The van der Waals surface area contributed by atoms with Crippen LogP contribution in [0.2, 0.25) is 0 Å². The molecule has 0 aromatic carbocycles. The van der Waals surface area contributed by atoms with Crippen molar-refractivity contribution in [3.05, 3.63) is 43.7 Å². The van der Waals surface area contributed by atoms with E-state index >= 15 is 0 Å². The molecule has 0 aliphatic heterocycles. The zero-order valence-corrected chi connectivity index (χ0v) is 14.5. The van der Waals surface area contributed by atoms with Crippen LogP contribution in [0.4, 0.5) is 5.13 Å². The van der Waals surface area contributed by atoms with Crippen molar-refractivity contribution in [2.24, 2.45) is 0 Å². The molecule has 3 heterocycles. The summed E-state index contributed by atoms with van der Waals surface area (Å²) in [5, 5.41) is 6.84. The zero-order chi connectivity index (χ0) is 16.6. The molecule has 0 spiro atoms. The van der Waals surface area contributed by atoms with Crippen LogP contribution < -0.4 is 10.2 Å². The Bertz CT molecular complexity index is 917. The first-order valence-electron chi connectivity index (χ1n) is 6.92. The van der Waals surface area contributed by atoms with Gasteiger partial charge in [0.1, 0.15) is 18.1 Å². The van der Waals surface area contributed by atoms with E-state index in [1.807, 2.05) is 25.3 Å². The van der Waals surface area contributed by atoms with Gasteiger partial charge in [-0.15, -0.1) is 11.3 Å². The van der Waals surface area contributed by atoms with Gasteiger partial charge in [-0.25, -0.2) is 4.98 Å². The highest BCUT2D eigenvalue weighted by Gasteiger charge is 2.14.